The van der Waals surface area contributed by atoms with Crippen LogP contribution >= 0.6 is 23.5 Å². The van der Waals surface area contributed by atoms with Crippen LogP contribution in [0.2, 0.25) is 0 Å². The molecule has 0 bridgehead atoms. The molecule has 4 aromatic rings. The van der Waals surface area contributed by atoms with E-state index in [0.717, 1.165) is 32.9 Å². The third kappa shape index (κ3) is 9.05. The summed E-state index contributed by atoms with van der Waals surface area (Å²) in [5.74, 6) is -1.54. The average molecular weight is 653 g/mol. The summed E-state index contributed by atoms with van der Waals surface area (Å²) in [7, 11) is 0. The van der Waals surface area contributed by atoms with Gasteiger partial charge >= 0.3 is 5.97 Å². The van der Waals surface area contributed by atoms with E-state index in [1.807, 2.05) is 61.0 Å². The molecule has 2 aromatic carbocycles. The van der Waals surface area contributed by atoms with Crippen LogP contribution in [0.3, 0.4) is 0 Å². The smallest absolute Gasteiger partial charge is 0.326 e. The minimum atomic E-state index is -1.25. The van der Waals surface area contributed by atoms with Gasteiger partial charge in [-0.25, -0.2) is 4.79 Å². The third-order valence-corrected chi connectivity index (χ3v) is 8.95. The number of carbonyl (C=O) groups excluding carboxylic acids is 3. The fraction of sp³-hybridized carbons (Fsp3) is 0.375. The fourth-order valence-electron chi connectivity index (χ4n) is 5.15. The lowest BCUT2D eigenvalue weighted by Gasteiger charge is -2.25. The molecule has 0 radical (unpaired) electrons. The molecule has 0 spiro atoms. The second-order valence-electron chi connectivity index (χ2n) is 10.8. The molecule has 0 aliphatic carbocycles. The van der Waals surface area contributed by atoms with Gasteiger partial charge in [0, 0.05) is 47.0 Å². The van der Waals surface area contributed by atoms with E-state index in [4.69, 9.17) is 5.73 Å². The third-order valence-electron chi connectivity index (χ3n) is 7.66. The number of aromatic amines is 2. The maximum Gasteiger partial charge on any atom is 0.326 e. The highest BCUT2D eigenvalue weighted by molar-refractivity contribution is 7.98. The number of carbonyl (C=O) groups is 4. The number of para-hydroxylation sites is 2. The van der Waals surface area contributed by atoms with E-state index in [0.29, 0.717) is 24.3 Å². The number of aromatic nitrogens is 2. The topological polar surface area (TPSA) is 182 Å². The summed E-state index contributed by atoms with van der Waals surface area (Å²) in [6, 6.07) is 11.0. The Bertz CT molecular complexity index is 1620. The van der Waals surface area contributed by atoms with E-state index in [9.17, 15) is 24.3 Å². The minimum absolute atomic E-state index is 0.0409. The zero-order valence-electron chi connectivity index (χ0n) is 25.3. The Balaban J connectivity index is 1.57. The summed E-state index contributed by atoms with van der Waals surface area (Å²) < 4.78 is 0. The lowest BCUT2D eigenvalue weighted by molar-refractivity contribution is -0.142. The van der Waals surface area contributed by atoms with Crippen LogP contribution in [0.15, 0.2) is 60.9 Å². The monoisotopic (exact) mass is 652 g/mol. The van der Waals surface area contributed by atoms with Gasteiger partial charge in [-0.05, 0) is 60.1 Å². The molecule has 0 saturated heterocycles. The van der Waals surface area contributed by atoms with Gasteiger partial charge in [-0.1, -0.05) is 36.4 Å². The number of nitrogens with two attached hydrogens (primary N) is 1. The van der Waals surface area contributed by atoms with Crippen molar-refractivity contribution < 1.29 is 24.3 Å². The van der Waals surface area contributed by atoms with Crippen LogP contribution in [0, 0.1) is 0 Å². The highest BCUT2D eigenvalue weighted by Gasteiger charge is 2.31. The van der Waals surface area contributed by atoms with E-state index < -0.39 is 47.9 Å². The van der Waals surface area contributed by atoms with Crippen molar-refractivity contribution in [1.29, 1.82) is 0 Å². The quantitative estimate of drug-likeness (QED) is 0.0909. The Labute approximate surface area is 270 Å². The fourth-order valence-corrected chi connectivity index (χ4v) is 6.12. The predicted octanol–water partition coefficient (Wildman–Crippen LogP) is 2.81. The standard InChI is InChI=1S/C32H40N6O5S2/c1-44-13-11-23(33)29(39)36-26(12-14-45-2)30(40)37-27(15-19-17-34-24-9-5-3-7-21(19)24)31(41)38-28(32(42)43)16-20-18-35-25-10-6-4-8-22(20)25/h3-10,17-18,23,26-28,34-35H,11-16,33H2,1-2H3,(H,36,39)(H,37,40)(H,38,41)(H,42,43). The van der Waals surface area contributed by atoms with Crippen molar-refractivity contribution in [3.05, 3.63) is 72.1 Å². The molecule has 0 fully saturated rings. The van der Waals surface area contributed by atoms with E-state index in [1.165, 1.54) is 11.8 Å². The van der Waals surface area contributed by atoms with Gasteiger partial charge in [-0.2, -0.15) is 23.5 Å². The van der Waals surface area contributed by atoms with E-state index in [1.54, 1.807) is 24.2 Å². The van der Waals surface area contributed by atoms with E-state index >= 15 is 0 Å². The van der Waals surface area contributed by atoms with Crippen molar-refractivity contribution in [3.8, 4) is 0 Å². The Kier molecular flexibility index (Phi) is 12.4. The number of thioether (sulfide) groups is 2. The normalized spacial score (nSPS) is 14.0. The number of amides is 3. The summed E-state index contributed by atoms with van der Waals surface area (Å²) in [6.07, 6.45) is 8.25. The number of aliphatic carboxylic acids is 1. The molecular formula is C32H40N6O5S2. The number of hydrogen-bond donors (Lipinski definition) is 7. The van der Waals surface area contributed by atoms with Gasteiger partial charge in [0.25, 0.3) is 0 Å². The molecule has 0 aliphatic heterocycles. The maximum absolute atomic E-state index is 13.8. The molecule has 240 valence electrons. The van der Waals surface area contributed by atoms with Crippen molar-refractivity contribution in [2.45, 2.75) is 49.9 Å². The molecule has 13 heteroatoms. The van der Waals surface area contributed by atoms with Crippen molar-refractivity contribution in [3.63, 3.8) is 0 Å². The first-order valence-corrected chi connectivity index (χ1v) is 17.5. The lowest BCUT2D eigenvalue weighted by Crippen LogP contribution is -2.58. The first-order valence-electron chi connectivity index (χ1n) is 14.7. The number of H-pyrrole nitrogens is 2. The van der Waals surface area contributed by atoms with Crippen LogP contribution in [0.25, 0.3) is 21.8 Å². The lowest BCUT2D eigenvalue weighted by atomic mass is 10.0. The first kappa shape index (κ1) is 33.9. The number of hydrogen-bond acceptors (Lipinski definition) is 7. The summed E-state index contributed by atoms with van der Waals surface area (Å²) in [4.78, 5) is 59.0. The molecule has 45 heavy (non-hydrogen) atoms. The number of carboxylic acids is 1. The molecule has 11 nitrogen and oxygen atoms in total. The average Bonchev–Trinajstić information content (AvgIpc) is 3.64. The van der Waals surface area contributed by atoms with Crippen molar-refractivity contribution in [1.82, 2.24) is 25.9 Å². The number of benzene rings is 2. The van der Waals surface area contributed by atoms with Gasteiger partial charge in [0.05, 0.1) is 6.04 Å². The van der Waals surface area contributed by atoms with Crippen LogP contribution in [0.4, 0.5) is 0 Å². The molecule has 0 aliphatic rings. The Morgan fingerprint density at radius 3 is 1.73 bits per heavy atom. The molecule has 4 unspecified atom stereocenters. The Hall–Kier alpha value is -3.94. The van der Waals surface area contributed by atoms with Crippen LogP contribution in [0.5, 0.6) is 0 Å². The second-order valence-corrected chi connectivity index (χ2v) is 12.8. The maximum atomic E-state index is 13.8. The molecule has 2 heterocycles. The van der Waals surface area contributed by atoms with Gasteiger partial charge < -0.3 is 36.8 Å². The van der Waals surface area contributed by atoms with Crippen molar-refractivity contribution in [2.24, 2.45) is 5.73 Å². The summed E-state index contributed by atoms with van der Waals surface area (Å²) in [5, 5.41) is 20.1. The molecule has 3 amide bonds. The molecule has 8 N–H and O–H groups in total. The van der Waals surface area contributed by atoms with Crippen LogP contribution < -0.4 is 21.7 Å². The Morgan fingerprint density at radius 2 is 1.18 bits per heavy atom. The van der Waals surface area contributed by atoms with E-state index in [-0.39, 0.29) is 12.8 Å². The highest BCUT2D eigenvalue weighted by atomic mass is 32.2. The molecule has 0 saturated carbocycles. The van der Waals surface area contributed by atoms with Crippen LogP contribution in [0.1, 0.15) is 24.0 Å². The van der Waals surface area contributed by atoms with Crippen molar-refractivity contribution >= 4 is 69.0 Å². The Morgan fingerprint density at radius 1 is 0.711 bits per heavy atom. The number of nitrogens with one attached hydrogen (secondary N) is 5. The van der Waals surface area contributed by atoms with Gasteiger partial charge in [-0.3, -0.25) is 14.4 Å². The van der Waals surface area contributed by atoms with Crippen LogP contribution in [-0.2, 0) is 32.0 Å². The summed E-state index contributed by atoms with van der Waals surface area (Å²) in [5.41, 5.74) is 9.30. The summed E-state index contributed by atoms with van der Waals surface area (Å²) >= 11 is 3.10. The zero-order chi connectivity index (χ0) is 32.3. The summed E-state index contributed by atoms with van der Waals surface area (Å²) in [6.45, 7) is 0. The molecule has 4 rings (SSSR count). The SMILES string of the molecule is CSCCC(N)C(=O)NC(CCSC)C(=O)NC(Cc1c[nH]c2ccccc12)C(=O)NC(Cc1c[nH]c2ccccc12)C(=O)O. The predicted molar refractivity (Wildman–Crippen MR) is 181 cm³/mol. The zero-order valence-corrected chi connectivity index (χ0v) is 26.9. The van der Waals surface area contributed by atoms with Gasteiger partial charge in [0.2, 0.25) is 17.7 Å². The minimum Gasteiger partial charge on any atom is -0.480 e. The van der Waals surface area contributed by atoms with Gasteiger partial charge in [0.1, 0.15) is 18.1 Å². The van der Waals surface area contributed by atoms with Gasteiger partial charge in [-0.15, -0.1) is 0 Å². The molecular weight excluding hydrogens is 613 g/mol. The largest absolute Gasteiger partial charge is 0.480 e. The second kappa shape index (κ2) is 16.4. The molecule has 2 aromatic heterocycles. The van der Waals surface area contributed by atoms with Crippen LogP contribution in [-0.4, -0.2) is 86.9 Å². The van der Waals surface area contributed by atoms with Crippen molar-refractivity contribution in [2.75, 3.05) is 24.0 Å². The first-order chi connectivity index (χ1) is 21.7. The van der Waals surface area contributed by atoms with Gasteiger partial charge in [0.15, 0.2) is 0 Å². The number of fused-ring (bicyclic) bond motifs is 2. The number of carboxylic acid groups (broad SMARTS) is 1. The van der Waals surface area contributed by atoms with E-state index in [2.05, 4.69) is 25.9 Å². The number of rotatable bonds is 17. The highest BCUT2D eigenvalue weighted by Crippen LogP contribution is 2.21. The molecule has 4 atom stereocenters.